The van der Waals surface area contributed by atoms with Crippen molar-refractivity contribution < 1.29 is 9.53 Å². The molecule has 1 aliphatic rings. The number of likely N-dealkylation sites (tertiary alicyclic amines) is 1. The summed E-state index contributed by atoms with van der Waals surface area (Å²) in [7, 11) is 5.69. The van der Waals surface area contributed by atoms with Gasteiger partial charge in [-0.05, 0) is 30.7 Å². The maximum Gasteiger partial charge on any atom is 0.251 e. The van der Waals surface area contributed by atoms with Crippen LogP contribution in [0.25, 0.3) is 0 Å². The highest BCUT2D eigenvalue weighted by Crippen LogP contribution is 2.13. The van der Waals surface area contributed by atoms with Crippen molar-refractivity contribution in [1.29, 1.82) is 0 Å². The standard InChI is InChI=1S/C16H25N3O2/c1-18(2)15-6-4-13(5-7-15)16(20)17-14-8-9-19(12-14)10-11-21-3/h4-7,14H,8-12H2,1-3H3,(H,17,20)/t14-/m1/s1. The fourth-order valence-corrected chi connectivity index (χ4v) is 2.55. The van der Waals surface area contributed by atoms with Crippen molar-refractivity contribution in [3.8, 4) is 0 Å². The number of nitrogens with zero attached hydrogens (tertiary/aromatic N) is 2. The number of carbonyl (C=O) groups excluding carboxylic acids is 1. The van der Waals surface area contributed by atoms with Crippen molar-refractivity contribution in [1.82, 2.24) is 10.2 Å². The Kier molecular flexibility index (Phi) is 5.59. The maximum atomic E-state index is 12.2. The third kappa shape index (κ3) is 4.44. The molecule has 1 heterocycles. The molecule has 1 aromatic rings. The summed E-state index contributed by atoms with van der Waals surface area (Å²) in [6.45, 7) is 3.60. The van der Waals surface area contributed by atoms with Crippen LogP contribution >= 0.6 is 0 Å². The van der Waals surface area contributed by atoms with E-state index in [0.29, 0.717) is 0 Å². The second-order valence-corrected chi connectivity index (χ2v) is 5.69. The van der Waals surface area contributed by atoms with Gasteiger partial charge in [-0.3, -0.25) is 9.69 Å². The lowest BCUT2D eigenvalue weighted by atomic mass is 10.1. The first-order valence-electron chi connectivity index (χ1n) is 7.39. The van der Waals surface area contributed by atoms with Crippen molar-refractivity contribution in [3.05, 3.63) is 29.8 Å². The summed E-state index contributed by atoms with van der Waals surface area (Å²) in [5.74, 6) is 0.0129. The van der Waals surface area contributed by atoms with Gasteiger partial charge in [0.05, 0.1) is 6.61 Å². The van der Waals surface area contributed by atoms with Gasteiger partial charge in [0.25, 0.3) is 5.91 Å². The predicted octanol–water partition coefficient (Wildman–Crippen LogP) is 1.20. The molecule has 1 N–H and O–H groups in total. The van der Waals surface area contributed by atoms with Gasteiger partial charge in [0.1, 0.15) is 0 Å². The van der Waals surface area contributed by atoms with Crippen molar-refractivity contribution in [2.24, 2.45) is 0 Å². The largest absolute Gasteiger partial charge is 0.383 e. The van der Waals surface area contributed by atoms with Crippen LogP contribution in [-0.4, -0.2) is 64.3 Å². The first kappa shape index (κ1) is 15.8. The molecule has 5 heteroatoms. The second kappa shape index (κ2) is 7.43. The first-order valence-corrected chi connectivity index (χ1v) is 7.39. The van der Waals surface area contributed by atoms with Crippen LogP contribution in [-0.2, 0) is 4.74 Å². The molecule has 0 bridgehead atoms. The number of amides is 1. The number of rotatable bonds is 6. The van der Waals surface area contributed by atoms with Crippen LogP contribution in [0.3, 0.4) is 0 Å². The lowest BCUT2D eigenvalue weighted by Gasteiger charge is -2.16. The van der Waals surface area contributed by atoms with Crippen molar-refractivity contribution >= 4 is 11.6 Å². The van der Waals surface area contributed by atoms with Crippen LogP contribution in [0.2, 0.25) is 0 Å². The number of anilines is 1. The Morgan fingerprint density at radius 2 is 2.10 bits per heavy atom. The Balaban J connectivity index is 1.84. The van der Waals surface area contributed by atoms with E-state index < -0.39 is 0 Å². The molecule has 5 nitrogen and oxygen atoms in total. The van der Waals surface area contributed by atoms with Crippen molar-refractivity contribution in [2.45, 2.75) is 12.5 Å². The Hall–Kier alpha value is -1.59. The molecule has 21 heavy (non-hydrogen) atoms. The number of nitrogens with one attached hydrogen (secondary N) is 1. The number of benzene rings is 1. The second-order valence-electron chi connectivity index (χ2n) is 5.69. The van der Waals surface area contributed by atoms with E-state index in [1.54, 1.807) is 7.11 Å². The smallest absolute Gasteiger partial charge is 0.251 e. The predicted molar refractivity (Wildman–Crippen MR) is 85.0 cm³/mol. The molecular formula is C16H25N3O2. The molecule has 1 aliphatic heterocycles. The molecule has 1 fully saturated rings. The van der Waals surface area contributed by atoms with Gasteiger partial charge in [0.2, 0.25) is 0 Å². The summed E-state index contributed by atoms with van der Waals surface area (Å²) in [6.07, 6.45) is 1.01. The number of hydrogen-bond acceptors (Lipinski definition) is 4. The quantitative estimate of drug-likeness (QED) is 0.855. The fourth-order valence-electron chi connectivity index (χ4n) is 2.55. The fraction of sp³-hybridized carbons (Fsp3) is 0.562. The number of methoxy groups -OCH3 is 1. The minimum absolute atomic E-state index is 0.0129. The molecule has 1 atom stereocenters. The Morgan fingerprint density at radius 3 is 2.71 bits per heavy atom. The summed E-state index contributed by atoms with van der Waals surface area (Å²) in [5, 5.41) is 3.12. The topological polar surface area (TPSA) is 44.8 Å². The van der Waals surface area contributed by atoms with Gasteiger partial charge >= 0.3 is 0 Å². The molecule has 0 aromatic heterocycles. The van der Waals surface area contributed by atoms with E-state index in [2.05, 4.69) is 10.2 Å². The normalized spacial score (nSPS) is 18.7. The van der Waals surface area contributed by atoms with Crippen LogP contribution in [0.15, 0.2) is 24.3 Å². The van der Waals surface area contributed by atoms with Gasteiger partial charge in [0, 0.05) is 58.1 Å². The Labute approximate surface area is 126 Å². The Morgan fingerprint density at radius 1 is 1.38 bits per heavy atom. The number of ether oxygens (including phenoxy) is 1. The highest BCUT2D eigenvalue weighted by Gasteiger charge is 2.23. The zero-order valence-corrected chi connectivity index (χ0v) is 13.1. The third-order valence-corrected chi connectivity index (χ3v) is 3.87. The van der Waals surface area contributed by atoms with E-state index in [-0.39, 0.29) is 11.9 Å². The highest BCUT2D eigenvalue weighted by atomic mass is 16.5. The van der Waals surface area contributed by atoms with E-state index in [9.17, 15) is 4.79 Å². The van der Waals surface area contributed by atoms with Crippen LogP contribution in [0.4, 0.5) is 5.69 Å². The van der Waals surface area contributed by atoms with Gasteiger partial charge in [-0.25, -0.2) is 0 Å². The molecule has 1 amide bonds. The summed E-state index contributed by atoms with van der Waals surface area (Å²) in [5.41, 5.74) is 1.81. The van der Waals surface area contributed by atoms with Gasteiger partial charge in [-0.2, -0.15) is 0 Å². The van der Waals surface area contributed by atoms with Gasteiger partial charge in [-0.1, -0.05) is 0 Å². The van der Waals surface area contributed by atoms with E-state index in [1.165, 1.54) is 0 Å². The molecule has 0 aliphatic carbocycles. The van der Waals surface area contributed by atoms with Crippen LogP contribution < -0.4 is 10.2 Å². The molecule has 0 saturated carbocycles. The molecule has 2 rings (SSSR count). The summed E-state index contributed by atoms with van der Waals surface area (Å²) in [4.78, 5) is 16.6. The van der Waals surface area contributed by atoms with Crippen molar-refractivity contribution in [3.63, 3.8) is 0 Å². The minimum atomic E-state index is 0.0129. The minimum Gasteiger partial charge on any atom is -0.383 e. The Bertz CT molecular complexity index is 459. The van der Waals surface area contributed by atoms with E-state index >= 15 is 0 Å². The molecule has 1 saturated heterocycles. The van der Waals surface area contributed by atoms with Crippen LogP contribution in [0.1, 0.15) is 16.8 Å². The average molecular weight is 291 g/mol. The SMILES string of the molecule is COCCN1CC[C@@H](NC(=O)c2ccc(N(C)C)cc2)C1. The molecule has 0 unspecified atom stereocenters. The summed E-state index contributed by atoms with van der Waals surface area (Å²) < 4.78 is 5.09. The van der Waals surface area contributed by atoms with E-state index in [0.717, 1.165) is 43.9 Å². The molecule has 116 valence electrons. The van der Waals surface area contributed by atoms with E-state index in [4.69, 9.17) is 4.74 Å². The highest BCUT2D eigenvalue weighted by molar-refractivity contribution is 5.94. The number of carbonyl (C=O) groups is 1. The van der Waals surface area contributed by atoms with Crippen LogP contribution in [0.5, 0.6) is 0 Å². The van der Waals surface area contributed by atoms with Crippen molar-refractivity contribution in [2.75, 3.05) is 52.3 Å². The zero-order chi connectivity index (χ0) is 15.2. The maximum absolute atomic E-state index is 12.2. The average Bonchev–Trinajstić information content (AvgIpc) is 2.92. The monoisotopic (exact) mass is 291 g/mol. The lowest BCUT2D eigenvalue weighted by molar-refractivity contribution is 0.0936. The number of hydrogen-bond donors (Lipinski definition) is 1. The van der Waals surface area contributed by atoms with Gasteiger partial charge < -0.3 is 15.0 Å². The zero-order valence-electron chi connectivity index (χ0n) is 13.1. The molecule has 0 radical (unpaired) electrons. The lowest BCUT2D eigenvalue weighted by Crippen LogP contribution is -2.37. The summed E-state index contributed by atoms with van der Waals surface area (Å²) in [6, 6.07) is 7.93. The van der Waals surface area contributed by atoms with Gasteiger partial charge in [-0.15, -0.1) is 0 Å². The first-order chi connectivity index (χ1) is 10.1. The third-order valence-electron chi connectivity index (χ3n) is 3.87. The van der Waals surface area contributed by atoms with Crippen LogP contribution in [0, 0.1) is 0 Å². The molecular weight excluding hydrogens is 266 g/mol. The van der Waals surface area contributed by atoms with E-state index in [1.807, 2.05) is 43.3 Å². The molecule has 1 aromatic carbocycles. The summed E-state index contributed by atoms with van der Waals surface area (Å²) >= 11 is 0. The molecule has 0 spiro atoms. The van der Waals surface area contributed by atoms with Gasteiger partial charge in [0.15, 0.2) is 0 Å².